The number of nitro groups is 1. The van der Waals surface area contributed by atoms with Crippen LogP contribution in [0, 0.1) is 10.1 Å². The Balaban J connectivity index is 1.50. The lowest BCUT2D eigenvalue weighted by molar-refractivity contribution is -0.384. The van der Waals surface area contributed by atoms with Gasteiger partial charge in [-0.15, -0.1) is 0 Å². The molecule has 0 aliphatic carbocycles. The van der Waals surface area contributed by atoms with Gasteiger partial charge in [0.25, 0.3) is 5.69 Å². The van der Waals surface area contributed by atoms with Crippen LogP contribution in [0.5, 0.6) is 5.75 Å². The summed E-state index contributed by atoms with van der Waals surface area (Å²) in [6.45, 7) is 1.09. The van der Waals surface area contributed by atoms with E-state index in [2.05, 4.69) is 28.2 Å². The predicted octanol–water partition coefficient (Wildman–Crippen LogP) is 6.44. The van der Waals surface area contributed by atoms with Crippen molar-refractivity contribution in [1.29, 1.82) is 0 Å². The van der Waals surface area contributed by atoms with Crippen molar-refractivity contribution >= 4 is 22.5 Å². The zero-order valence-corrected chi connectivity index (χ0v) is 21.6. The van der Waals surface area contributed by atoms with E-state index in [1.54, 1.807) is 19.2 Å². The minimum absolute atomic E-state index is 0.0213. The number of hydrogen-bond acceptors (Lipinski definition) is 4. The van der Waals surface area contributed by atoms with Gasteiger partial charge in [-0.25, -0.2) is 0 Å². The summed E-state index contributed by atoms with van der Waals surface area (Å²) >= 11 is 0. The molecule has 196 valence electrons. The van der Waals surface area contributed by atoms with Crippen molar-refractivity contribution in [2.45, 2.75) is 25.4 Å². The van der Waals surface area contributed by atoms with Crippen molar-refractivity contribution in [1.82, 2.24) is 9.88 Å². The smallest absolute Gasteiger partial charge is 0.269 e. The van der Waals surface area contributed by atoms with Crippen molar-refractivity contribution in [2.75, 3.05) is 7.11 Å². The first-order valence-corrected chi connectivity index (χ1v) is 12.8. The zero-order chi connectivity index (χ0) is 27.2. The van der Waals surface area contributed by atoms with Crippen molar-refractivity contribution in [3.8, 4) is 5.75 Å². The van der Waals surface area contributed by atoms with E-state index in [0.717, 1.165) is 38.9 Å². The molecule has 0 saturated carbocycles. The van der Waals surface area contributed by atoms with Crippen LogP contribution in [0.1, 0.15) is 34.6 Å². The second kappa shape index (κ2) is 11.6. The largest absolute Gasteiger partial charge is 0.497 e. The molecule has 0 fully saturated rings. The number of nitrogens with one attached hydrogen (secondary N) is 1. The van der Waals surface area contributed by atoms with E-state index in [1.165, 1.54) is 12.1 Å². The average molecular weight is 520 g/mol. The van der Waals surface area contributed by atoms with Gasteiger partial charge in [-0.1, -0.05) is 72.8 Å². The summed E-state index contributed by atoms with van der Waals surface area (Å²) in [6.07, 6.45) is 2.31. The lowest BCUT2D eigenvalue weighted by atomic mass is 9.88. The molecule has 1 N–H and O–H groups in total. The number of carbonyl (C=O) groups excluding carboxylic acids is 1. The highest BCUT2D eigenvalue weighted by atomic mass is 16.6. The van der Waals surface area contributed by atoms with Crippen LogP contribution < -0.4 is 10.1 Å². The fraction of sp³-hybridized carbons (Fsp3) is 0.156. The van der Waals surface area contributed by atoms with Crippen molar-refractivity contribution in [2.24, 2.45) is 0 Å². The number of carbonyl (C=O) groups is 1. The Bertz CT molecular complexity index is 1580. The highest BCUT2D eigenvalue weighted by Crippen LogP contribution is 2.36. The molecule has 0 spiro atoms. The van der Waals surface area contributed by atoms with Gasteiger partial charge in [0, 0.05) is 54.7 Å². The molecule has 5 aromatic rings. The predicted molar refractivity (Wildman–Crippen MR) is 152 cm³/mol. The fourth-order valence-corrected chi connectivity index (χ4v) is 4.90. The van der Waals surface area contributed by atoms with Crippen LogP contribution >= 0.6 is 0 Å². The molecule has 7 heteroatoms. The van der Waals surface area contributed by atoms with E-state index in [-0.39, 0.29) is 23.9 Å². The van der Waals surface area contributed by atoms with Crippen LogP contribution in [-0.2, 0) is 17.9 Å². The Kier molecular flexibility index (Phi) is 7.68. The maximum atomic E-state index is 13.2. The fourth-order valence-electron chi connectivity index (χ4n) is 4.90. The summed E-state index contributed by atoms with van der Waals surface area (Å²) in [7, 11) is 1.65. The number of fused-ring (bicyclic) bond motifs is 1. The molecule has 0 radical (unpaired) electrons. The average Bonchev–Trinajstić information content (AvgIpc) is 3.33. The van der Waals surface area contributed by atoms with Gasteiger partial charge in [0.1, 0.15) is 5.75 Å². The number of amides is 1. The molecule has 39 heavy (non-hydrogen) atoms. The molecule has 1 heterocycles. The lowest BCUT2D eigenvalue weighted by Gasteiger charge is -2.17. The first-order chi connectivity index (χ1) is 19.0. The summed E-state index contributed by atoms with van der Waals surface area (Å²) in [5.74, 6) is 0.425. The Labute approximate surface area is 226 Å². The van der Waals surface area contributed by atoms with Gasteiger partial charge >= 0.3 is 0 Å². The minimum Gasteiger partial charge on any atom is -0.497 e. The Morgan fingerprint density at radius 2 is 1.59 bits per heavy atom. The standard InChI is InChI=1S/C32H29N3O4/c1-39-27-17-11-24(12-18-27)21-34-22-30(28-9-5-6-10-31(28)34)29(25-13-15-26(16-14-25)35(37)38)19-32(36)33-20-23-7-3-2-4-8-23/h2-18,22,29H,19-21H2,1H3,(H,33,36)/t29-/m0/s1. The number of benzene rings is 4. The number of hydrogen-bond donors (Lipinski definition) is 1. The van der Waals surface area contributed by atoms with Gasteiger partial charge in [0.15, 0.2) is 0 Å². The number of nitrogens with zero attached hydrogens (tertiary/aromatic N) is 2. The summed E-state index contributed by atoms with van der Waals surface area (Å²) in [4.78, 5) is 24.1. The summed E-state index contributed by atoms with van der Waals surface area (Å²) in [6, 6.07) is 32.4. The number of non-ortho nitro benzene ring substituents is 1. The summed E-state index contributed by atoms with van der Waals surface area (Å²) in [5.41, 5.74) is 5.07. The molecule has 5 rings (SSSR count). The number of ether oxygens (including phenoxy) is 1. The quantitative estimate of drug-likeness (QED) is 0.170. The molecule has 1 atom stereocenters. The number of para-hydroxylation sites is 1. The van der Waals surface area contributed by atoms with Gasteiger partial charge in [0.2, 0.25) is 5.91 Å². The minimum atomic E-state index is -0.411. The molecular weight excluding hydrogens is 490 g/mol. The van der Waals surface area contributed by atoms with Crippen LogP contribution in [0.3, 0.4) is 0 Å². The molecule has 1 aromatic heterocycles. The van der Waals surface area contributed by atoms with Crippen LogP contribution in [0.25, 0.3) is 10.9 Å². The highest BCUT2D eigenvalue weighted by Gasteiger charge is 2.23. The van der Waals surface area contributed by atoms with E-state index in [0.29, 0.717) is 13.1 Å². The SMILES string of the molecule is COc1ccc(Cn2cc([C@@H](CC(=O)NCc3ccccc3)c3ccc([N+](=O)[O-])cc3)c3ccccc32)cc1. The van der Waals surface area contributed by atoms with E-state index < -0.39 is 4.92 Å². The molecule has 0 saturated heterocycles. The molecule has 0 aliphatic heterocycles. The Morgan fingerprint density at radius 1 is 0.897 bits per heavy atom. The number of methoxy groups -OCH3 is 1. The van der Waals surface area contributed by atoms with Gasteiger partial charge < -0.3 is 14.6 Å². The van der Waals surface area contributed by atoms with E-state index in [4.69, 9.17) is 4.74 Å². The van der Waals surface area contributed by atoms with Gasteiger partial charge in [-0.05, 0) is 40.5 Å². The monoisotopic (exact) mass is 519 g/mol. The number of nitro benzene ring substituents is 1. The van der Waals surface area contributed by atoms with Gasteiger partial charge in [0.05, 0.1) is 12.0 Å². The van der Waals surface area contributed by atoms with Gasteiger partial charge in [-0.3, -0.25) is 14.9 Å². The van der Waals surface area contributed by atoms with Crippen molar-refractivity contribution in [3.05, 3.63) is 142 Å². The Hall–Kier alpha value is -4.91. The van der Waals surface area contributed by atoms with Crippen molar-refractivity contribution < 1.29 is 14.5 Å². The first kappa shape index (κ1) is 25.7. The Morgan fingerprint density at radius 3 is 2.28 bits per heavy atom. The number of aromatic nitrogens is 1. The molecule has 0 unspecified atom stereocenters. The third-order valence-corrected chi connectivity index (χ3v) is 6.94. The molecule has 7 nitrogen and oxygen atoms in total. The maximum Gasteiger partial charge on any atom is 0.269 e. The second-order valence-electron chi connectivity index (χ2n) is 9.45. The summed E-state index contributed by atoms with van der Waals surface area (Å²) in [5, 5.41) is 15.4. The third-order valence-electron chi connectivity index (χ3n) is 6.94. The number of rotatable bonds is 10. The summed E-state index contributed by atoms with van der Waals surface area (Å²) < 4.78 is 7.48. The maximum absolute atomic E-state index is 13.2. The zero-order valence-electron chi connectivity index (χ0n) is 21.6. The van der Waals surface area contributed by atoms with Crippen LogP contribution in [0.15, 0.2) is 109 Å². The molecule has 4 aromatic carbocycles. The van der Waals surface area contributed by atoms with Gasteiger partial charge in [-0.2, -0.15) is 0 Å². The van der Waals surface area contributed by atoms with Crippen molar-refractivity contribution in [3.63, 3.8) is 0 Å². The highest BCUT2D eigenvalue weighted by molar-refractivity contribution is 5.87. The molecule has 0 bridgehead atoms. The first-order valence-electron chi connectivity index (χ1n) is 12.8. The van der Waals surface area contributed by atoms with E-state index >= 15 is 0 Å². The second-order valence-corrected chi connectivity index (χ2v) is 9.45. The normalized spacial score (nSPS) is 11.7. The van der Waals surface area contributed by atoms with Crippen LogP contribution in [0.4, 0.5) is 5.69 Å². The van der Waals surface area contributed by atoms with E-state index in [1.807, 2.05) is 66.7 Å². The molecular formula is C32H29N3O4. The topological polar surface area (TPSA) is 86.4 Å². The molecule has 0 aliphatic rings. The lowest BCUT2D eigenvalue weighted by Crippen LogP contribution is -2.25. The third kappa shape index (κ3) is 5.99. The molecule has 1 amide bonds. The van der Waals surface area contributed by atoms with Crippen LogP contribution in [-0.4, -0.2) is 22.5 Å². The van der Waals surface area contributed by atoms with E-state index in [9.17, 15) is 14.9 Å². The van der Waals surface area contributed by atoms with Crippen LogP contribution in [0.2, 0.25) is 0 Å².